The summed E-state index contributed by atoms with van der Waals surface area (Å²) in [4.78, 5) is 42.0. The quantitative estimate of drug-likeness (QED) is 0.388. The molecule has 4 rings (SSSR count). The Morgan fingerprint density at radius 2 is 2.08 bits per heavy atom. The minimum absolute atomic E-state index is 0.0557. The van der Waals surface area contributed by atoms with Gasteiger partial charge in [-0.05, 0) is 49.4 Å². The molecule has 0 aliphatic carbocycles. The van der Waals surface area contributed by atoms with Crippen molar-refractivity contribution in [2.75, 3.05) is 40.1 Å². The van der Waals surface area contributed by atoms with Gasteiger partial charge in [-0.1, -0.05) is 13.8 Å². The van der Waals surface area contributed by atoms with Gasteiger partial charge in [0.05, 0.1) is 26.2 Å². The van der Waals surface area contributed by atoms with Crippen molar-refractivity contribution < 1.29 is 33.7 Å². The van der Waals surface area contributed by atoms with E-state index >= 15 is 0 Å². The van der Waals surface area contributed by atoms with Crippen LogP contribution in [0.1, 0.15) is 50.3 Å². The van der Waals surface area contributed by atoms with Crippen LogP contribution in [0.5, 0.6) is 17.2 Å². The summed E-state index contributed by atoms with van der Waals surface area (Å²) in [6.07, 6.45) is 5.77. The number of aryl methyl sites for hydroxylation is 1. The molecule has 0 saturated carbocycles. The number of hydrogen-bond acceptors (Lipinski definition) is 9. The predicted molar refractivity (Wildman–Crippen MR) is 137 cm³/mol. The van der Waals surface area contributed by atoms with Crippen molar-refractivity contribution in [1.29, 1.82) is 0 Å². The summed E-state index contributed by atoms with van der Waals surface area (Å²) in [7, 11) is 1.54. The van der Waals surface area contributed by atoms with Gasteiger partial charge in [0, 0.05) is 36.9 Å². The van der Waals surface area contributed by atoms with Crippen LogP contribution in [0, 0.1) is 5.92 Å². The molecule has 38 heavy (non-hydrogen) atoms. The number of ether oxygens (including phenoxy) is 3. The lowest BCUT2D eigenvalue weighted by Crippen LogP contribution is -2.44. The van der Waals surface area contributed by atoms with E-state index in [9.17, 15) is 14.7 Å². The molecule has 206 valence electrons. The van der Waals surface area contributed by atoms with E-state index < -0.39 is 23.8 Å². The number of fused-ring (bicyclic) bond motifs is 1. The Labute approximate surface area is 222 Å². The van der Waals surface area contributed by atoms with Gasteiger partial charge in [-0.2, -0.15) is 0 Å². The van der Waals surface area contributed by atoms with Gasteiger partial charge >= 0.3 is 5.97 Å². The first-order chi connectivity index (χ1) is 18.5. The van der Waals surface area contributed by atoms with E-state index in [-0.39, 0.29) is 19.2 Å². The number of aromatic nitrogens is 2. The summed E-state index contributed by atoms with van der Waals surface area (Å²) >= 11 is 0. The van der Waals surface area contributed by atoms with Crippen molar-refractivity contribution >= 4 is 11.9 Å². The smallest absolute Gasteiger partial charge is 0.308 e. The molecule has 0 spiro atoms. The maximum atomic E-state index is 13.3. The molecule has 11 heteroatoms. The van der Waals surface area contributed by atoms with Crippen molar-refractivity contribution in [2.24, 2.45) is 5.92 Å². The molecule has 1 amide bonds. The number of carboxylic acid groups (broad SMARTS) is 1. The lowest BCUT2D eigenvalue weighted by Gasteiger charge is -2.29. The number of hydrogen-bond donors (Lipinski definition) is 1. The van der Waals surface area contributed by atoms with Crippen molar-refractivity contribution in [2.45, 2.75) is 51.5 Å². The van der Waals surface area contributed by atoms with Gasteiger partial charge in [0.25, 0.3) is 5.91 Å². The number of carbonyl (C=O) groups is 2. The highest BCUT2D eigenvalue weighted by molar-refractivity contribution is 5.78. The van der Waals surface area contributed by atoms with Crippen molar-refractivity contribution in [3.63, 3.8) is 0 Å². The van der Waals surface area contributed by atoms with Gasteiger partial charge in [-0.25, -0.2) is 15.0 Å². The van der Waals surface area contributed by atoms with Crippen molar-refractivity contribution in [3.05, 3.63) is 42.0 Å². The third-order valence-corrected chi connectivity index (χ3v) is 6.98. The lowest BCUT2D eigenvalue weighted by molar-refractivity contribution is -0.188. The monoisotopic (exact) mass is 528 g/mol. The van der Waals surface area contributed by atoms with Crippen LogP contribution < -0.4 is 14.2 Å². The number of aliphatic carboxylic acids is 1. The van der Waals surface area contributed by atoms with E-state index in [0.717, 1.165) is 24.1 Å². The van der Waals surface area contributed by atoms with Gasteiger partial charge in [0.1, 0.15) is 6.33 Å². The molecule has 0 unspecified atom stereocenters. The van der Waals surface area contributed by atoms with Crippen LogP contribution >= 0.6 is 0 Å². The fraction of sp³-hybridized carbons (Fsp3) is 0.556. The number of hydroxylamine groups is 2. The Morgan fingerprint density at radius 3 is 2.76 bits per heavy atom. The minimum atomic E-state index is -0.915. The van der Waals surface area contributed by atoms with Gasteiger partial charge in [0.2, 0.25) is 12.5 Å². The highest BCUT2D eigenvalue weighted by atomic mass is 16.7. The fourth-order valence-corrected chi connectivity index (χ4v) is 5.23. The Morgan fingerprint density at radius 1 is 1.24 bits per heavy atom. The second kappa shape index (κ2) is 12.9. The second-order valence-electron chi connectivity index (χ2n) is 9.49. The molecule has 1 fully saturated rings. The average Bonchev–Trinajstić information content (AvgIpc) is 3.54. The normalized spacial score (nSPS) is 20.4. The van der Waals surface area contributed by atoms with Gasteiger partial charge < -0.3 is 19.3 Å². The lowest BCUT2D eigenvalue weighted by atomic mass is 9.83. The molecule has 1 N–H and O–H groups in total. The Hall–Kier alpha value is -3.44. The van der Waals surface area contributed by atoms with Gasteiger partial charge in [-0.3, -0.25) is 19.3 Å². The number of nitrogens with zero attached hydrogens (tertiary/aromatic N) is 4. The van der Waals surface area contributed by atoms with Crippen molar-refractivity contribution in [3.8, 4) is 17.2 Å². The summed E-state index contributed by atoms with van der Waals surface area (Å²) in [5.41, 5.74) is 1.59. The highest BCUT2D eigenvalue weighted by Gasteiger charge is 2.47. The Balaban J connectivity index is 1.64. The Kier molecular flexibility index (Phi) is 9.35. The minimum Gasteiger partial charge on any atom is -0.493 e. The van der Waals surface area contributed by atoms with Crippen LogP contribution in [-0.2, 0) is 20.8 Å². The molecule has 11 nitrogen and oxygen atoms in total. The fourth-order valence-electron chi connectivity index (χ4n) is 5.23. The summed E-state index contributed by atoms with van der Waals surface area (Å²) in [5.74, 6) is -0.717. The molecule has 2 aliphatic heterocycles. The molecule has 2 aliphatic rings. The number of carboxylic acids is 1. The topological polar surface area (TPSA) is 124 Å². The zero-order chi connectivity index (χ0) is 27.1. The standard InChI is InChI=1S/C27H36N4O7/c1-4-10-31(38-11-5-2)24(32)15-30-14-20(18-12-22(35-3)26-23(13-18)36-17-37-26)25(27(33)34)21(30)7-6-19-8-9-28-16-29-19/h8-9,12-13,16,20-21,25H,4-7,10-11,14-15,17H2,1-3H3,(H,33,34)/t20-,21+,25-/m1/s1. The first-order valence-electron chi connectivity index (χ1n) is 13.1. The summed E-state index contributed by atoms with van der Waals surface area (Å²) in [6.45, 7) is 5.41. The van der Waals surface area contributed by atoms with E-state index in [1.165, 1.54) is 11.4 Å². The maximum Gasteiger partial charge on any atom is 0.308 e. The zero-order valence-corrected chi connectivity index (χ0v) is 22.2. The first-order valence-corrected chi connectivity index (χ1v) is 13.1. The van der Waals surface area contributed by atoms with E-state index in [2.05, 4.69) is 9.97 Å². The summed E-state index contributed by atoms with van der Waals surface area (Å²) in [5, 5.41) is 11.8. The predicted octanol–water partition coefficient (Wildman–Crippen LogP) is 2.90. The second-order valence-corrected chi connectivity index (χ2v) is 9.49. The van der Waals surface area contributed by atoms with E-state index in [1.54, 1.807) is 13.3 Å². The molecule has 2 aromatic rings. The number of rotatable bonds is 13. The van der Waals surface area contributed by atoms with Crippen LogP contribution in [0.3, 0.4) is 0 Å². The van der Waals surface area contributed by atoms with Crippen LogP contribution in [0.15, 0.2) is 30.7 Å². The maximum absolute atomic E-state index is 13.3. The molecule has 1 aromatic carbocycles. The van der Waals surface area contributed by atoms with E-state index in [1.807, 2.05) is 36.9 Å². The molecule has 1 aromatic heterocycles. The first kappa shape index (κ1) is 27.6. The molecule has 3 heterocycles. The summed E-state index contributed by atoms with van der Waals surface area (Å²) < 4.78 is 16.6. The zero-order valence-electron chi connectivity index (χ0n) is 22.2. The van der Waals surface area contributed by atoms with Crippen LogP contribution in [-0.4, -0.2) is 83.1 Å². The third-order valence-electron chi connectivity index (χ3n) is 6.98. The largest absolute Gasteiger partial charge is 0.493 e. The van der Waals surface area contributed by atoms with Crippen molar-refractivity contribution in [1.82, 2.24) is 19.9 Å². The van der Waals surface area contributed by atoms with E-state index in [4.69, 9.17) is 19.0 Å². The molecular formula is C27H36N4O7. The van der Waals surface area contributed by atoms with Gasteiger partial charge in [0.15, 0.2) is 11.5 Å². The summed E-state index contributed by atoms with van der Waals surface area (Å²) in [6, 6.07) is 5.06. The number of benzene rings is 1. The Bertz CT molecular complexity index is 1100. The SMILES string of the molecule is CCCON(CCC)C(=O)CN1C[C@H](c2cc(OC)c3c(c2)OCO3)[C@@H](C(=O)O)[C@@H]1CCc1ccncn1. The number of likely N-dealkylation sites (tertiary alicyclic amines) is 1. The number of amides is 1. The van der Waals surface area contributed by atoms with E-state index in [0.29, 0.717) is 49.8 Å². The number of methoxy groups -OCH3 is 1. The average molecular weight is 529 g/mol. The molecule has 0 radical (unpaired) electrons. The molecule has 1 saturated heterocycles. The number of carbonyl (C=O) groups excluding carboxylic acids is 1. The van der Waals surface area contributed by atoms with Gasteiger partial charge in [-0.15, -0.1) is 0 Å². The highest BCUT2D eigenvalue weighted by Crippen LogP contribution is 2.47. The molecular weight excluding hydrogens is 492 g/mol. The van der Waals surface area contributed by atoms with Crippen LogP contribution in [0.4, 0.5) is 0 Å². The third kappa shape index (κ3) is 6.16. The molecule has 3 atom stereocenters. The van der Waals surface area contributed by atoms with Crippen LogP contribution in [0.25, 0.3) is 0 Å². The van der Waals surface area contributed by atoms with Crippen LogP contribution in [0.2, 0.25) is 0 Å². The molecule has 0 bridgehead atoms.